The molecule has 9 heteroatoms. The Balaban J connectivity index is 1.34. The fourth-order valence-electron chi connectivity index (χ4n) is 4.35. The van der Waals surface area contributed by atoms with Gasteiger partial charge in [-0.3, -0.25) is 4.79 Å². The number of aryl methyl sites for hydroxylation is 2. The van der Waals surface area contributed by atoms with Crippen LogP contribution in [-0.4, -0.2) is 60.0 Å². The maximum atomic E-state index is 13.2. The molecule has 3 N–H and O–H groups in total. The molecular weight excluding hydrogens is 474 g/mol. The third-order valence-electron chi connectivity index (χ3n) is 6.72. The summed E-state index contributed by atoms with van der Waals surface area (Å²) in [5.74, 6) is 0.700. The summed E-state index contributed by atoms with van der Waals surface area (Å²) < 4.78 is 0. The second-order valence-corrected chi connectivity index (χ2v) is 10.1. The quantitative estimate of drug-likeness (QED) is 0.413. The van der Waals surface area contributed by atoms with Crippen molar-refractivity contribution >= 4 is 46.3 Å². The lowest BCUT2D eigenvalue weighted by Gasteiger charge is -2.34. The molecule has 0 spiro atoms. The summed E-state index contributed by atoms with van der Waals surface area (Å²) in [6.45, 7) is 7.90. The molecule has 36 heavy (non-hydrogen) atoms. The van der Waals surface area contributed by atoms with Crippen molar-refractivity contribution in [1.29, 1.82) is 0 Å². The van der Waals surface area contributed by atoms with Crippen LogP contribution in [0, 0.1) is 13.8 Å². The standard InChI is InChI=1S/C27H32ClN7O/c1-17-5-4-6-18(2)24(17)32-26(36)21-16-29-27(33-25(21)30-19-7-8-19)31-20-9-10-23(22(28)15-20)35-13-11-34(3)12-14-35/h4-6,9-10,15-16,19H,7-8,11-14H2,1-3H3,(H,32,36)(H2,29,30,31,33). The minimum absolute atomic E-state index is 0.235. The van der Waals surface area contributed by atoms with Gasteiger partial charge in [0.05, 0.1) is 10.7 Å². The van der Waals surface area contributed by atoms with Gasteiger partial charge in [-0.25, -0.2) is 4.98 Å². The summed E-state index contributed by atoms with van der Waals surface area (Å²) >= 11 is 6.64. The number of benzene rings is 2. The first-order valence-electron chi connectivity index (χ1n) is 12.4. The highest BCUT2D eigenvalue weighted by molar-refractivity contribution is 6.33. The van der Waals surface area contributed by atoms with Crippen molar-refractivity contribution in [1.82, 2.24) is 14.9 Å². The van der Waals surface area contributed by atoms with Gasteiger partial charge < -0.3 is 25.8 Å². The van der Waals surface area contributed by atoms with Gasteiger partial charge in [-0.1, -0.05) is 29.8 Å². The van der Waals surface area contributed by atoms with Crippen LogP contribution >= 0.6 is 11.6 Å². The zero-order valence-corrected chi connectivity index (χ0v) is 21.7. The number of carbonyl (C=O) groups excluding carboxylic acids is 1. The molecule has 8 nitrogen and oxygen atoms in total. The number of nitrogens with zero attached hydrogens (tertiary/aromatic N) is 4. The predicted molar refractivity (Wildman–Crippen MR) is 147 cm³/mol. The van der Waals surface area contributed by atoms with Gasteiger partial charge in [0.25, 0.3) is 5.91 Å². The first-order valence-corrected chi connectivity index (χ1v) is 12.8. The van der Waals surface area contributed by atoms with Crippen LogP contribution in [0.5, 0.6) is 0 Å². The van der Waals surface area contributed by atoms with Gasteiger partial charge in [-0.2, -0.15) is 4.98 Å². The highest BCUT2D eigenvalue weighted by Crippen LogP contribution is 2.31. The van der Waals surface area contributed by atoms with Gasteiger partial charge in [0.15, 0.2) is 0 Å². The molecule has 1 aliphatic heterocycles. The van der Waals surface area contributed by atoms with Crippen LogP contribution in [0.15, 0.2) is 42.6 Å². The van der Waals surface area contributed by atoms with Gasteiger partial charge in [0.2, 0.25) is 5.95 Å². The molecule has 5 rings (SSSR count). The van der Waals surface area contributed by atoms with Gasteiger partial charge in [0.1, 0.15) is 11.4 Å². The number of para-hydroxylation sites is 1. The molecule has 2 fully saturated rings. The number of nitrogens with one attached hydrogen (secondary N) is 3. The zero-order chi connectivity index (χ0) is 25.2. The first kappa shape index (κ1) is 24.3. The van der Waals surface area contributed by atoms with Crippen LogP contribution in [-0.2, 0) is 0 Å². The van der Waals surface area contributed by atoms with Crippen molar-refractivity contribution in [3.05, 3.63) is 64.3 Å². The fourth-order valence-corrected chi connectivity index (χ4v) is 4.65. The summed E-state index contributed by atoms with van der Waals surface area (Å²) in [6, 6.07) is 12.2. The third kappa shape index (κ3) is 5.55. The topological polar surface area (TPSA) is 85.4 Å². The molecule has 0 atom stereocenters. The molecule has 1 saturated heterocycles. The summed E-state index contributed by atoms with van der Waals surface area (Å²) in [5.41, 5.74) is 5.08. The van der Waals surface area contributed by atoms with Crippen molar-refractivity contribution in [2.45, 2.75) is 32.7 Å². The Morgan fingerprint density at radius 1 is 1.06 bits per heavy atom. The Bertz CT molecular complexity index is 1250. The number of anilines is 5. The largest absolute Gasteiger partial charge is 0.368 e. The lowest BCUT2D eigenvalue weighted by atomic mass is 10.1. The van der Waals surface area contributed by atoms with Gasteiger partial charge in [-0.05, 0) is 63.1 Å². The summed E-state index contributed by atoms with van der Waals surface area (Å²) in [4.78, 5) is 26.9. The molecule has 3 aromatic rings. The van der Waals surface area contributed by atoms with Gasteiger partial charge >= 0.3 is 0 Å². The highest BCUT2D eigenvalue weighted by atomic mass is 35.5. The van der Waals surface area contributed by atoms with E-state index < -0.39 is 0 Å². The van der Waals surface area contributed by atoms with Crippen molar-refractivity contribution in [2.75, 3.05) is 54.1 Å². The molecule has 2 aromatic carbocycles. The Kier molecular flexibility index (Phi) is 6.98. The molecule has 1 aliphatic carbocycles. The Labute approximate surface area is 217 Å². The Morgan fingerprint density at radius 3 is 2.44 bits per heavy atom. The molecule has 1 amide bonds. The maximum absolute atomic E-state index is 13.2. The van der Waals surface area contributed by atoms with Crippen molar-refractivity contribution in [2.24, 2.45) is 0 Å². The number of likely N-dealkylation sites (N-methyl/N-ethyl adjacent to an activating group) is 1. The molecule has 0 radical (unpaired) electrons. The highest BCUT2D eigenvalue weighted by Gasteiger charge is 2.25. The average Bonchev–Trinajstić information content (AvgIpc) is 3.67. The van der Waals surface area contributed by atoms with Crippen molar-refractivity contribution in [3.63, 3.8) is 0 Å². The second kappa shape index (κ2) is 10.3. The van der Waals surface area contributed by atoms with E-state index in [9.17, 15) is 4.79 Å². The molecule has 2 aliphatic rings. The lowest BCUT2D eigenvalue weighted by molar-refractivity contribution is 0.102. The molecule has 2 heterocycles. The minimum Gasteiger partial charge on any atom is -0.368 e. The SMILES string of the molecule is Cc1cccc(C)c1NC(=O)c1cnc(Nc2ccc(N3CCN(C)CC3)c(Cl)c2)nc1NC1CC1. The van der Waals surface area contributed by atoms with E-state index in [1.54, 1.807) is 6.20 Å². The maximum Gasteiger partial charge on any atom is 0.261 e. The van der Waals surface area contributed by atoms with E-state index in [0.717, 1.165) is 67.2 Å². The van der Waals surface area contributed by atoms with Gasteiger partial charge in [-0.15, -0.1) is 0 Å². The normalized spacial score (nSPS) is 16.1. The molecule has 1 saturated carbocycles. The van der Waals surface area contributed by atoms with Crippen LogP contribution in [0.1, 0.15) is 34.3 Å². The molecular formula is C27H32ClN7O. The van der Waals surface area contributed by atoms with E-state index in [1.807, 2.05) is 50.2 Å². The lowest BCUT2D eigenvalue weighted by Crippen LogP contribution is -2.44. The average molecular weight is 506 g/mol. The van der Waals surface area contributed by atoms with E-state index in [-0.39, 0.29) is 5.91 Å². The number of piperazine rings is 1. The number of hydrogen-bond donors (Lipinski definition) is 3. The van der Waals surface area contributed by atoms with Gasteiger partial charge in [0, 0.05) is 49.8 Å². The van der Waals surface area contributed by atoms with E-state index in [4.69, 9.17) is 11.6 Å². The predicted octanol–water partition coefficient (Wildman–Crippen LogP) is 5.07. The molecule has 1 aromatic heterocycles. The number of amides is 1. The first-order chi connectivity index (χ1) is 17.4. The zero-order valence-electron chi connectivity index (χ0n) is 20.9. The van der Waals surface area contributed by atoms with Crippen LogP contribution in [0.4, 0.5) is 28.8 Å². The summed E-state index contributed by atoms with van der Waals surface area (Å²) in [7, 11) is 2.14. The monoisotopic (exact) mass is 505 g/mol. The van der Waals surface area contributed by atoms with E-state index >= 15 is 0 Å². The number of carbonyl (C=O) groups is 1. The summed E-state index contributed by atoms with van der Waals surface area (Å²) in [5, 5.41) is 10.4. The summed E-state index contributed by atoms with van der Waals surface area (Å²) in [6.07, 6.45) is 3.70. The fraction of sp³-hybridized carbons (Fsp3) is 0.370. The van der Waals surface area contributed by atoms with Crippen molar-refractivity contribution in [3.8, 4) is 0 Å². The number of rotatable bonds is 7. The van der Waals surface area contributed by atoms with E-state index in [2.05, 4.69) is 42.8 Å². The van der Waals surface area contributed by atoms with E-state index in [0.29, 0.717) is 28.4 Å². The number of halogens is 1. The van der Waals surface area contributed by atoms with Crippen molar-refractivity contribution < 1.29 is 4.79 Å². The van der Waals surface area contributed by atoms with Crippen LogP contribution in [0.2, 0.25) is 5.02 Å². The van der Waals surface area contributed by atoms with E-state index in [1.165, 1.54) is 0 Å². The molecule has 0 unspecified atom stereocenters. The van der Waals surface area contributed by atoms with Crippen LogP contribution in [0.3, 0.4) is 0 Å². The number of aromatic nitrogens is 2. The van der Waals surface area contributed by atoms with Crippen LogP contribution < -0.4 is 20.9 Å². The Morgan fingerprint density at radius 2 is 1.78 bits per heavy atom. The molecule has 188 valence electrons. The molecule has 0 bridgehead atoms. The number of hydrogen-bond acceptors (Lipinski definition) is 7. The third-order valence-corrected chi connectivity index (χ3v) is 7.02. The smallest absolute Gasteiger partial charge is 0.261 e. The second-order valence-electron chi connectivity index (χ2n) is 9.68. The van der Waals surface area contributed by atoms with Crippen LogP contribution in [0.25, 0.3) is 0 Å². The Hall–Kier alpha value is -3.36. The minimum atomic E-state index is -0.235.